The molecule has 0 amide bonds. The molecule has 0 heterocycles. The van der Waals surface area contributed by atoms with E-state index in [1.54, 1.807) is 0 Å². The lowest BCUT2D eigenvalue weighted by Gasteiger charge is -2.28. The molecule has 1 nitrogen and oxygen atoms in total. The maximum Gasteiger partial charge on any atom is 0.0467 e. The Morgan fingerprint density at radius 2 is 0.958 bits per heavy atom. The van der Waals surface area contributed by atoms with Gasteiger partial charge < -0.3 is 4.90 Å². The zero-order chi connectivity index (χ0) is 32.2. The highest BCUT2D eigenvalue weighted by atomic mass is 15.1. The summed E-state index contributed by atoms with van der Waals surface area (Å²) in [4.78, 5) is 2.40. The van der Waals surface area contributed by atoms with Gasteiger partial charge in [-0.15, -0.1) is 0 Å². The largest absolute Gasteiger partial charge is 0.310 e. The summed E-state index contributed by atoms with van der Waals surface area (Å²) < 4.78 is 0. The van der Waals surface area contributed by atoms with Crippen molar-refractivity contribution >= 4 is 38.6 Å². The third-order valence-corrected chi connectivity index (χ3v) is 10.2. The van der Waals surface area contributed by atoms with Crippen LogP contribution in [0.5, 0.6) is 0 Å². The molecule has 1 aliphatic carbocycles. The molecule has 0 fully saturated rings. The molecule has 0 radical (unpaired) electrons. The number of benzene rings is 8. The number of nitrogens with zero attached hydrogens (tertiary/aromatic N) is 1. The molecular weight excluding hydrogens is 579 g/mol. The molecule has 9 rings (SSSR count). The predicted octanol–water partition coefficient (Wildman–Crippen LogP) is 13.1. The van der Waals surface area contributed by atoms with Gasteiger partial charge in [0.15, 0.2) is 0 Å². The van der Waals surface area contributed by atoms with E-state index in [1.807, 2.05) is 0 Å². The van der Waals surface area contributed by atoms with Crippen molar-refractivity contribution in [1.29, 1.82) is 0 Å². The summed E-state index contributed by atoms with van der Waals surface area (Å²) in [5.74, 6) is 0. The maximum atomic E-state index is 2.45. The van der Waals surface area contributed by atoms with Crippen LogP contribution < -0.4 is 4.90 Å². The van der Waals surface area contributed by atoms with E-state index in [-0.39, 0.29) is 5.41 Å². The summed E-state index contributed by atoms with van der Waals surface area (Å²) in [6.45, 7) is 4.76. The van der Waals surface area contributed by atoms with Gasteiger partial charge in [0.1, 0.15) is 0 Å². The lowest BCUT2D eigenvalue weighted by atomic mass is 9.81. The molecule has 0 aliphatic heterocycles. The fraction of sp³-hybridized carbons (Fsp3) is 0.0638. The Balaban J connectivity index is 1.19. The van der Waals surface area contributed by atoms with Crippen LogP contribution in [0.3, 0.4) is 0 Å². The molecule has 0 saturated heterocycles. The first kappa shape index (κ1) is 28.3. The Morgan fingerprint density at radius 1 is 0.354 bits per heavy atom. The summed E-state index contributed by atoms with van der Waals surface area (Å²) >= 11 is 0. The molecule has 0 N–H and O–H groups in total. The van der Waals surface area contributed by atoms with Crippen LogP contribution in [0.1, 0.15) is 25.0 Å². The zero-order valence-corrected chi connectivity index (χ0v) is 27.2. The highest BCUT2D eigenvalue weighted by molar-refractivity contribution is 6.09. The van der Waals surface area contributed by atoms with Crippen molar-refractivity contribution in [3.05, 3.63) is 187 Å². The topological polar surface area (TPSA) is 3.24 Å². The minimum atomic E-state index is -0.148. The number of anilines is 3. The second kappa shape index (κ2) is 11.1. The van der Waals surface area contributed by atoms with Crippen molar-refractivity contribution in [2.75, 3.05) is 4.90 Å². The van der Waals surface area contributed by atoms with Crippen molar-refractivity contribution in [3.8, 4) is 33.4 Å². The lowest BCUT2D eigenvalue weighted by Crippen LogP contribution is -2.16. The third kappa shape index (κ3) is 4.54. The van der Waals surface area contributed by atoms with Gasteiger partial charge in [0, 0.05) is 22.5 Å². The minimum Gasteiger partial charge on any atom is -0.310 e. The van der Waals surface area contributed by atoms with Gasteiger partial charge in [-0.25, -0.2) is 0 Å². The first-order valence-electron chi connectivity index (χ1n) is 16.8. The molecule has 0 unspecified atom stereocenters. The van der Waals surface area contributed by atoms with Gasteiger partial charge in [-0.2, -0.15) is 0 Å². The van der Waals surface area contributed by atoms with E-state index in [0.717, 1.165) is 17.1 Å². The molecule has 0 spiro atoms. The molecule has 0 bridgehead atoms. The van der Waals surface area contributed by atoms with Crippen molar-refractivity contribution in [2.45, 2.75) is 19.3 Å². The second-order valence-electron chi connectivity index (χ2n) is 13.4. The average molecular weight is 614 g/mol. The Bertz CT molecular complexity index is 2470. The van der Waals surface area contributed by atoms with E-state index in [4.69, 9.17) is 0 Å². The van der Waals surface area contributed by atoms with E-state index in [0.29, 0.717) is 0 Å². The first-order valence-corrected chi connectivity index (χ1v) is 16.8. The van der Waals surface area contributed by atoms with Crippen LogP contribution >= 0.6 is 0 Å². The molecule has 8 aromatic carbocycles. The first-order chi connectivity index (χ1) is 23.6. The summed E-state index contributed by atoms with van der Waals surface area (Å²) in [6, 6.07) is 64.3. The van der Waals surface area contributed by atoms with Crippen molar-refractivity contribution in [1.82, 2.24) is 0 Å². The Hall–Kier alpha value is -5.92. The average Bonchev–Trinajstić information content (AvgIpc) is 3.36. The molecular formula is C47H35N. The van der Waals surface area contributed by atoms with Crippen molar-refractivity contribution in [2.24, 2.45) is 0 Å². The van der Waals surface area contributed by atoms with Crippen LogP contribution in [0.4, 0.5) is 17.1 Å². The molecule has 8 aromatic rings. The van der Waals surface area contributed by atoms with Crippen LogP contribution in [-0.4, -0.2) is 0 Å². The van der Waals surface area contributed by atoms with Gasteiger partial charge in [-0.3, -0.25) is 0 Å². The van der Waals surface area contributed by atoms with E-state index in [2.05, 4.69) is 195 Å². The SMILES string of the molecule is CC1(C)c2cc(N(c3ccccc3)c3cccc(-c4ccccc4-c4ccccc4)c3)ccc2-c2cc3ccc4ccccc4c3cc21. The number of fused-ring (bicyclic) bond motifs is 6. The smallest absolute Gasteiger partial charge is 0.0467 e. The second-order valence-corrected chi connectivity index (χ2v) is 13.4. The van der Waals surface area contributed by atoms with Gasteiger partial charge in [-0.1, -0.05) is 141 Å². The van der Waals surface area contributed by atoms with Gasteiger partial charge in [0.25, 0.3) is 0 Å². The van der Waals surface area contributed by atoms with E-state index in [1.165, 1.54) is 66.1 Å². The molecule has 1 heteroatoms. The zero-order valence-electron chi connectivity index (χ0n) is 27.2. The van der Waals surface area contributed by atoms with Crippen molar-refractivity contribution in [3.63, 3.8) is 0 Å². The van der Waals surface area contributed by atoms with Gasteiger partial charge in [0.05, 0.1) is 0 Å². The van der Waals surface area contributed by atoms with Crippen LogP contribution in [0.15, 0.2) is 176 Å². The number of hydrogen-bond donors (Lipinski definition) is 0. The Morgan fingerprint density at radius 3 is 1.77 bits per heavy atom. The van der Waals surface area contributed by atoms with Gasteiger partial charge >= 0.3 is 0 Å². The quantitative estimate of drug-likeness (QED) is 0.175. The summed E-state index contributed by atoms with van der Waals surface area (Å²) in [7, 11) is 0. The predicted molar refractivity (Wildman–Crippen MR) is 205 cm³/mol. The fourth-order valence-corrected chi connectivity index (χ4v) is 7.80. The third-order valence-electron chi connectivity index (χ3n) is 10.2. The van der Waals surface area contributed by atoms with Gasteiger partial charge in [-0.05, 0) is 115 Å². The number of rotatable bonds is 5. The van der Waals surface area contributed by atoms with Crippen LogP contribution in [0, 0.1) is 0 Å². The summed E-state index contributed by atoms with van der Waals surface area (Å²) in [6.07, 6.45) is 0. The highest BCUT2D eigenvalue weighted by Crippen LogP contribution is 2.52. The maximum absolute atomic E-state index is 2.45. The summed E-state index contributed by atoms with van der Waals surface area (Å²) in [5.41, 5.74) is 13.6. The Labute approximate surface area is 282 Å². The number of hydrogen-bond acceptors (Lipinski definition) is 1. The van der Waals surface area contributed by atoms with E-state index < -0.39 is 0 Å². The lowest BCUT2D eigenvalue weighted by molar-refractivity contribution is 0.661. The fourth-order valence-electron chi connectivity index (χ4n) is 7.80. The van der Waals surface area contributed by atoms with E-state index >= 15 is 0 Å². The minimum absolute atomic E-state index is 0.148. The molecule has 48 heavy (non-hydrogen) atoms. The van der Waals surface area contributed by atoms with Crippen molar-refractivity contribution < 1.29 is 0 Å². The number of para-hydroxylation sites is 1. The Kier molecular flexibility index (Phi) is 6.55. The standard InChI is InChI=1S/C47H35N/c1-47(2)45-30-38(26-27-42(45)44-29-35-25-24-33-16-9-10-22-40(33)43(35)31-46(44)47)48(36-18-7-4-8-19-36)37-20-13-17-34(28-37)41-23-12-11-21-39(41)32-14-5-3-6-15-32/h3-31H,1-2H3. The summed E-state index contributed by atoms with van der Waals surface area (Å²) in [5, 5.41) is 5.21. The molecule has 0 atom stereocenters. The van der Waals surface area contributed by atoms with E-state index in [9.17, 15) is 0 Å². The molecule has 228 valence electrons. The normalized spacial score (nSPS) is 13.0. The van der Waals surface area contributed by atoms with Gasteiger partial charge in [0.2, 0.25) is 0 Å². The van der Waals surface area contributed by atoms with Crippen LogP contribution in [0.25, 0.3) is 54.9 Å². The van der Waals surface area contributed by atoms with Crippen LogP contribution in [0.2, 0.25) is 0 Å². The molecule has 1 aliphatic rings. The van der Waals surface area contributed by atoms with Crippen LogP contribution in [-0.2, 0) is 5.41 Å². The molecule has 0 saturated carbocycles. The molecule has 0 aromatic heterocycles. The monoisotopic (exact) mass is 613 g/mol. The highest BCUT2D eigenvalue weighted by Gasteiger charge is 2.36.